The molecule has 2 heterocycles. The first-order valence-electron chi connectivity index (χ1n) is 10.3. The molecule has 7 heteroatoms. The molecule has 31 heavy (non-hydrogen) atoms. The van der Waals surface area contributed by atoms with E-state index in [1.54, 1.807) is 11.3 Å². The van der Waals surface area contributed by atoms with E-state index < -0.39 is 0 Å². The van der Waals surface area contributed by atoms with E-state index in [0.29, 0.717) is 12.1 Å². The molecule has 0 N–H and O–H groups in total. The summed E-state index contributed by atoms with van der Waals surface area (Å²) in [4.78, 5) is 22.8. The van der Waals surface area contributed by atoms with Gasteiger partial charge in [0.2, 0.25) is 0 Å². The van der Waals surface area contributed by atoms with Crippen molar-refractivity contribution in [1.29, 1.82) is 0 Å². The van der Waals surface area contributed by atoms with Gasteiger partial charge in [-0.25, -0.2) is 4.98 Å². The lowest BCUT2D eigenvalue weighted by Crippen LogP contribution is -2.43. The Labute approximate surface area is 193 Å². The molecule has 1 aromatic heterocycles. The summed E-state index contributed by atoms with van der Waals surface area (Å²) < 4.78 is 7.54. The summed E-state index contributed by atoms with van der Waals surface area (Å²) in [6.45, 7) is 4.65. The summed E-state index contributed by atoms with van der Waals surface area (Å²) in [7, 11) is 0. The van der Waals surface area contributed by atoms with Gasteiger partial charge in [0.15, 0.2) is 5.13 Å². The number of ether oxygens (including phenoxy) is 1. The van der Waals surface area contributed by atoms with Crippen LogP contribution < -0.4 is 4.90 Å². The second kappa shape index (κ2) is 9.04. The molecule has 0 unspecified atom stereocenters. The number of benzene rings is 3. The number of morpholine rings is 1. The van der Waals surface area contributed by atoms with Crippen LogP contribution in [0.2, 0.25) is 0 Å². The van der Waals surface area contributed by atoms with Gasteiger partial charge >= 0.3 is 0 Å². The van der Waals surface area contributed by atoms with Gasteiger partial charge < -0.3 is 4.74 Å². The molecular weight excluding hydrogens is 474 g/mol. The van der Waals surface area contributed by atoms with E-state index in [4.69, 9.17) is 9.72 Å². The van der Waals surface area contributed by atoms with E-state index in [-0.39, 0.29) is 5.91 Å². The quantitative estimate of drug-likeness (QED) is 0.382. The highest BCUT2D eigenvalue weighted by Crippen LogP contribution is 2.32. The Balaban J connectivity index is 1.52. The number of carbonyl (C=O) groups is 1. The molecule has 0 bridgehead atoms. The maximum atomic E-state index is 13.8. The lowest BCUT2D eigenvalue weighted by molar-refractivity contribution is 0.0391. The Bertz CT molecular complexity index is 1230. The smallest absolute Gasteiger partial charge is 0.260 e. The van der Waals surface area contributed by atoms with E-state index in [1.807, 2.05) is 59.5 Å². The van der Waals surface area contributed by atoms with Gasteiger partial charge in [0.05, 0.1) is 23.4 Å². The van der Waals surface area contributed by atoms with E-state index in [2.05, 4.69) is 26.9 Å². The van der Waals surface area contributed by atoms with Crippen LogP contribution in [0.3, 0.4) is 0 Å². The summed E-state index contributed by atoms with van der Waals surface area (Å²) in [5.74, 6) is -0.0109. The van der Waals surface area contributed by atoms with Crippen LogP contribution in [-0.2, 0) is 4.74 Å². The Morgan fingerprint density at radius 2 is 1.90 bits per heavy atom. The Hall–Kier alpha value is -2.32. The van der Waals surface area contributed by atoms with Crippen molar-refractivity contribution in [2.24, 2.45) is 0 Å². The van der Waals surface area contributed by atoms with Crippen molar-refractivity contribution in [3.8, 4) is 0 Å². The zero-order valence-electron chi connectivity index (χ0n) is 17.0. The van der Waals surface area contributed by atoms with Crippen LogP contribution >= 0.6 is 27.3 Å². The van der Waals surface area contributed by atoms with Crippen molar-refractivity contribution in [2.75, 3.05) is 44.3 Å². The minimum atomic E-state index is -0.0109. The van der Waals surface area contributed by atoms with Crippen LogP contribution in [0, 0.1) is 0 Å². The molecule has 3 aromatic carbocycles. The number of aromatic nitrogens is 1. The number of halogens is 1. The van der Waals surface area contributed by atoms with Gasteiger partial charge in [-0.3, -0.25) is 14.6 Å². The van der Waals surface area contributed by atoms with Crippen molar-refractivity contribution >= 4 is 59.3 Å². The van der Waals surface area contributed by atoms with E-state index in [0.717, 1.165) is 63.4 Å². The summed E-state index contributed by atoms with van der Waals surface area (Å²) in [6.07, 6.45) is 0. The fourth-order valence-corrected chi connectivity index (χ4v) is 5.45. The average Bonchev–Trinajstić information content (AvgIpc) is 3.22. The van der Waals surface area contributed by atoms with Gasteiger partial charge in [0.25, 0.3) is 5.91 Å². The summed E-state index contributed by atoms with van der Waals surface area (Å²) in [5.41, 5.74) is 1.62. The Morgan fingerprint density at radius 3 is 2.77 bits per heavy atom. The van der Waals surface area contributed by atoms with Crippen LogP contribution in [0.5, 0.6) is 0 Å². The molecule has 1 amide bonds. The van der Waals surface area contributed by atoms with Gasteiger partial charge in [-0.05, 0) is 35.0 Å². The van der Waals surface area contributed by atoms with Gasteiger partial charge in [0.1, 0.15) is 0 Å². The number of nitrogens with zero attached hydrogens (tertiary/aromatic N) is 3. The molecule has 4 aromatic rings. The zero-order chi connectivity index (χ0) is 21.2. The number of anilines is 1. The first-order valence-corrected chi connectivity index (χ1v) is 12.0. The number of amides is 1. The Morgan fingerprint density at radius 1 is 1.10 bits per heavy atom. The molecule has 1 fully saturated rings. The number of carbonyl (C=O) groups excluding carboxylic acids is 1. The monoisotopic (exact) mass is 495 g/mol. The van der Waals surface area contributed by atoms with Gasteiger partial charge in [0, 0.05) is 36.2 Å². The van der Waals surface area contributed by atoms with Crippen molar-refractivity contribution in [3.63, 3.8) is 0 Å². The van der Waals surface area contributed by atoms with Crippen LogP contribution in [0.25, 0.3) is 21.0 Å². The van der Waals surface area contributed by atoms with Crippen LogP contribution in [-0.4, -0.2) is 55.2 Å². The zero-order valence-corrected chi connectivity index (χ0v) is 19.4. The molecule has 0 spiro atoms. The van der Waals surface area contributed by atoms with Crippen molar-refractivity contribution in [3.05, 3.63) is 70.7 Å². The average molecular weight is 496 g/mol. The predicted octanol–water partition coefficient (Wildman–Crippen LogP) is 5.19. The first kappa shape index (κ1) is 20.6. The van der Waals surface area contributed by atoms with E-state index in [1.165, 1.54) is 0 Å². The molecule has 0 saturated carbocycles. The van der Waals surface area contributed by atoms with Crippen LogP contribution in [0.15, 0.2) is 65.1 Å². The molecule has 0 radical (unpaired) electrons. The Kier molecular flexibility index (Phi) is 6.00. The summed E-state index contributed by atoms with van der Waals surface area (Å²) in [5, 5.41) is 2.77. The summed E-state index contributed by atoms with van der Waals surface area (Å²) >= 11 is 5.09. The maximum Gasteiger partial charge on any atom is 0.260 e. The molecule has 5 rings (SSSR count). The molecule has 1 aliphatic heterocycles. The first-order chi connectivity index (χ1) is 15.2. The van der Waals surface area contributed by atoms with Gasteiger partial charge in [-0.2, -0.15) is 0 Å². The second-order valence-corrected chi connectivity index (χ2v) is 9.47. The normalized spacial score (nSPS) is 14.9. The van der Waals surface area contributed by atoms with Crippen molar-refractivity contribution in [2.45, 2.75) is 0 Å². The third kappa shape index (κ3) is 4.36. The fourth-order valence-electron chi connectivity index (χ4n) is 3.91. The molecule has 1 aliphatic rings. The van der Waals surface area contributed by atoms with E-state index >= 15 is 0 Å². The van der Waals surface area contributed by atoms with Gasteiger partial charge in [-0.1, -0.05) is 63.7 Å². The molecule has 0 aliphatic carbocycles. The van der Waals surface area contributed by atoms with Crippen molar-refractivity contribution < 1.29 is 9.53 Å². The topological polar surface area (TPSA) is 45.7 Å². The summed E-state index contributed by atoms with van der Waals surface area (Å²) in [6, 6.07) is 20.0. The third-order valence-electron chi connectivity index (χ3n) is 5.58. The number of hydrogen-bond acceptors (Lipinski definition) is 5. The minimum absolute atomic E-state index is 0.0109. The number of fused-ring (bicyclic) bond motifs is 2. The molecular formula is C24H22BrN3O2S. The highest BCUT2D eigenvalue weighted by atomic mass is 79.9. The number of thiazole rings is 1. The van der Waals surface area contributed by atoms with E-state index in [9.17, 15) is 4.79 Å². The largest absolute Gasteiger partial charge is 0.379 e. The van der Waals surface area contributed by atoms with Crippen LogP contribution in [0.1, 0.15) is 10.4 Å². The standard InChI is InChI=1S/C24H22BrN3O2S/c25-18-8-9-21-22(16-18)31-24(26-21)28(11-10-27-12-14-30-15-13-27)23(29)20-7-3-5-17-4-1-2-6-19(17)20/h1-9,16H,10-15H2. The maximum absolute atomic E-state index is 13.8. The van der Waals surface area contributed by atoms with Gasteiger partial charge in [-0.15, -0.1) is 0 Å². The molecule has 158 valence electrons. The highest BCUT2D eigenvalue weighted by Gasteiger charge is 2.24. The lowest BCUT2D eigenvalue weighted by atomic mass is 10.0. The van der Waals surface area contributed by atoms with Crippen molar-refractivity contribution in [1.82, 2.24) is 9.88 Å². The van der Waals surface area contributed by atoms with Crippen LogP contribution in [0.4, 0.5) is 5.13 Å². The second-order valence-electron chi connectivity index (χ2n) is 7.55. The SMILES string of the molecule is O=C(c1cccc2ccccc12)N(CCN1CCOCC1)c1nc2ccc(Br)cc2s1. The minimum Gasteiger partial charge on any atom is -0.379 e. The highest BCUT2D eigenvalue weighted by molar-refractivity contribution is 9.10. The fraction of sp³-hybridized carbons (Fsp3) is 0.250. The lowest BCUT2D eigenvalue weighted by Gasteiger charge is -2.29. The molecule has 5 nitrogen and oxygen atoms in total. The molecule has 1 saturated heterocycles. The third-order valence-corrected chi connectivity index (χ3v) is 7.11. The predicted molar refractivity (Wildman–Crippen MR) is 130 cm³/mol. The number of rotatable bonds is 5. The molecule has 0 atom stereocenters. The number of hydrogen-bond donors (Lipinski definition) is 0.